The number of para-hydroxylation sites is 1. The lowest BCUT2D eigenvalue weighted by Gasteiger charge is -2.15. The average molecular weight is 387 g/mol. The van der Waals surface area contributed by atoms with E-state index in [0.29, 0.717) is 13.1 Å². The Labute approximate surface area is 168 Å². The number of nitrogens with one attached hydrogen (secondary N) is 1. The van der Waals surface area contributed by atoms with Crippen LogP contribution in [0.2, 0.25) is 0 Å². The molecule has 1 atom stereocenters. The number of ether oxygens (including phenoxy) is 1. The first-order valence-corrected chi connectivity index (χ1v) is 9.42. The molecule has 0 bridgehead atoms. The van der Waals surface area contributed by atoms with Gasteiger partial charge in [0.05, 0.1) is 17.6 Å². The van der Waals surface area contributed by atoms with Crippen molar-refractivity contribution >= 4 is 16.9 Å². The third-order valence-electron chi connectivity index (χ3n) is 4.64. The summed E-state index contributed by atoms with van der Waals surface area (Å²) in [5.74, 6) is 1.53. The normalized spacial score (nSPS) is 15.7. The average Bonchev–Trinajstić information content (AvgIpc) is 3.14. The second-order valence-corrected chi connectivity index (χ2v) is 6.59. The molecule has 0 fully saturated rings. The van der Waals surface area contributed by atoms with E-state index < -0.39 is 0 Å². The van der Waals surface area contributed by atoms with Crippen LogP contribution in [0.1, 0.15) is 18.0 Å². The molecule has 0 radical (unpaired) electrons. The molecule has 0 saturated heterocycles. The quantitative estimate of drug-likeness (QED) is 0.630. The van der Waals surface area contributed by atoms with Crippen LogP contribution in [0.3, 0.4) is 0 Å². The first-order chi connectivity index (χ1) is 14.2. The molecule has 29 heavy (non-hydrogen) atoms. The molecule has 0 aliphatic heterocycles. The second-order valence-electron chi connectivity index (χ2n) is 6.59. The minimum absolute atomic E-state index is 0.107. The Balaban J connectivity index is 1.50. The van der Waals surface area contributed by atoms with Crippen LogP contribution in [0, 0.1) is 0 Å². The highest BCUT2D eigenvalue weighted by Crippen LogP contribution is 2.31. The van der Waals surface area contributed by atoms with Gasteiger partial charge >= 0.3 is 0 Å². The number of aromatic nitrogens is 4. The van der Waals surface area contributed by atoms with Crippen LogP contribution in [0.5, 0.6) is 5.75 Å². The van der Waals surface area contributed by atoms with E-state index in [1.54, 1.807) is 6.20 Å². The largest absolute Gasteiger partial charge is 0.458 e. The molecule has 2 aromatic heterocycles. The van der Waals surface area contributed by atoms with Gasteiger partial charge in [0.2, 0.25) is 5.91 Å². The van der Waals surface area contributed by atoms with Gasteiger partial charge in [-0.25, -0.2) is 14.6 Å². The molecule has 0 saturated carbocycles. The van der Waals surface area contributed by atoms with Crippen molar-refractivity contribution < 1.29 is 9.53 Å². The number of nitrogens with zero attached hydrogens (tertiary/aromatic N) is 4. The summed E-state index contributed by atoms with van der Waals surface area (Å²) in [6.45, 7) is 4.42. The maximum Gasteiger partial charge on any atom is 0.243 e. The molecule has 1 aliphatic rings. The first kappa shape index (κ1) is 18.6. The Morgan fingerprint density at radius 3 is 2.97 bits per heavy atom. The van der Waals surface area contributed by atoms with Gasteiger partial charge in [0.1, 0.15) is 17.8 Å². The van der Waals surface area contributed by atoms with Gasteiger partial charge in [-0.1, -0.05) is 30.9 Å². The molecular weight excluding hydrogens is 366 g/mol. The fourth-order valence-electron chi connectivity index (χ4n) is 3.23. The van der Waals surface area contributed by atoms with Gasteiger partial charge in [0.15, 0.2) is 5.65 Å². The minimum Gasteiger partial charge on any atom is -0.458 e. The maximum absolute atomic E-state index is 11.4. The van der Waals surface area contributed by atoms with Gasteiger partial charge in [0, 0.05) is 18.7 Å². The summed E-state index contributed by atoms with van der Waals surface area (Å²) in [7, 11) is 0. The highest BCUT2D eigenvalue weighted by Gasteiger charge is 2.20. The van der Waals surface area contributed by atoms with E-state index in [1.807, 2.05) is 41.1 Å². The lowest BCUT2D eigenvalue weighted by atomic mass is 9.95. The maximum atomic E-state index is 11.4. The summed E-state index contributed by atoms with van der Waals surface area (Å²) in [5, 5.41) is 8.44. The van der Waals surface area contributed by atoms with Crippen LogP contribution in [0.4, 0.5) is 0 Å². The SMILES string of the molecule is C=CC(=O)NCCn1nc(C2C=CC(Oc3ccccc3)=CC2)c2cncnc21. The van der Waals surface area contributed by atoms with E-state index in [1.165, 1.54) is 12.4 Å². The monoisotopic (exact) mass is 387 g/mol. The number of allylic oxidation sites excluding steroid dienone is 3. The Bertz CT molecular complexity index is 1090. The summed E-state index contributed by atoms with van der Waals surface area (Å²) in [5.41, 5.74) is 1.67. The zero-order valence-corrected chi connectivity index (χ0v) is 15.9. The van der Waals surface area contributed by atoms with Crippen LogP contribution in [0.25, 0.3) is 11.0 Å². The van der Waals surface area contributed by atoms with Crippen LogP contribution in [0.15, 0.2) is 79.5 Å². The van der Waals surface area contributed by atoms with Crippen molar-refractivity contribution in [3.8, 4) is 5.75 Å². The van der Waals surface area contributed by atoms with Gasteiger partial charge < -0.3 is 10.1 Å². The Morgan fingerprint density at radius 2 is 2.21 bits per heavy atom. The third kappa shape index (κ3) is 4.24. The fraction of sp³-hybridized carbons (Fsp3) is 0.182. The van der Waals surface area contributed by atoms with Crippen molar-refractivity contribution in [2.45, 2.75) is 18.9 Å². The van der Waals surface area contributed by atoms with Crippen molar-refractivity contribution in [2.24, 2.45) is 0 Å². The predicted octanol–water partition coefficient (Wildman–Crippen LogP) is 3.13. The number of hydrogen-bond acceptors (Lipinski definition) is 5. The number of carbonyl (C=O) groups is 1. The zero-order valence-electron chi connectivity index (χ0n) is 15.9. The van der Waals surface area contributed by atoms with Crippen molar-refractivity contribution in [3.05, 3.63) is 85.2 Å². The minimum atomic E-state index is -0.206. The lowest BCUT2D eigenvalue weighted by Crippen LogP contribution is -2.25. The van der Waals surface area contributed by atoms with Crippen LogP contribution in [-0.2, 0) is 11.3 Å². The van der Waals surface area contributed by atoms with Gasteiger partial charge in [-0.15, -0.1) is 0 Å². The van der Waals surface area contributed by atoms with E-state index in [0.717, 1.165) is 34.7 Å². The number of amides is 1. The summed E-state index contributed by atoms with van der Waals surface area (Å²) < 4.78 is 7.70. The van der Waals surface area contributed by atoms with Crippen LogP contribution < -0.4 is 10.1 Å². The molecule has 0 spiro atoms. The Hall–Kier alpha value is -3.74. The number of hydrogen-bond donors (Lipinski definition) is 1. The molecule has 1 aromatic carbocycles. The van der Waals surface area contributed by atoms with Gasteiger partial charge in [0.25, 0.3) is 0 Å². The van der Waals surface area contributed by atoms with Gasteiger partial charge in [-0.2, -0.15) is 5.10 Å². The highest BCUT2D eigenvalue weighted by atomic mass is 16.5. The fourth-order valence-corrected chi connectivity index (χ4v) is 3.23. The Morgan fingerprint density at radius 1 is 1.34 bits per heavy atom. The zero-order chi connectivity index (χ0) is 20.1. The number of rotatable bonds is 7. The highest BCUT2D eigenvalue weighted by molar-refractivity contribution is 5.86. The van der Waals surface area contributed by atoms with Crippen molar-refractivity contribution in [1.82, 2.24) is 25.1 Å². The summed E-state index contributed by atoms with van der Waals surface area (Å²) in [4.78, 5) is 19.9. The molecule has 2 heterocycles. The molecule has 4 rings (SSSR count). The van der Waals surface area contributed by atoms with E-state index in [2.05, 4.69) is 34.0 Å². The molecule has 3 aromatic rings. The molecular formula is C22H21N5O2. The van der Waals surface area contributed by atoms with Crippen molar-refractivity contribution in [1.29, 1.82) is 0 Å². The standard InChI is InChI=1S/C22H21N5O2/c1-2-20(28)24-12-13-27-22-19(14-23-15-25-22)21(26-27)16-8-10-18(11-9-16)29-17-6-4-3-5-7-17/h2-8,10-11,14-16H,1,9,12-13H2,(H,24,28). The lowest BCUT2D eigenvalue weighted by molar-refractivity contribution is -0.116. The summed E-state index contributed by atoms with van der Waals surface area (Å²) in [6.07, 6.45) is 11.5. The second kappa shape index (κ2) is 8.52. The Kier molecular flexibility index (Phi) is 5.47. The van der Waals surface area contributed by atoms with E-state index in [9.17, 15) is 4.79 Å². The van der Waals surface area contributed by atoms with E-state index >= 15 is 0 Å². The van der Waals surface area contributed by atoms with Crippen molar-refractivity contribution in [2.75, 3.05) is 6.54 Å². The number of benzene rings is 1. The number of fused-ring (bicyclic) bond motifs is 1. The van der Waals surface area contributed by atoms with Crippen LogP contribution >= 0.6 is 0 Å². The van der Waals surface area contributed by atoms with E-state index in [4.69, 9.17) is 9.84 Å². The summed E-state index contributed by atoms with van der Waals surface area (Å²) >= 11 is 0. The molecule has 146 valence electrons. The summed E-state index contributed by atoms with van der Waals surface area (Å²) in [6, 6.07) is 9.71. The predicted molar refractivity (Wildman–Crippen MR) is 110 cm³/mol. The van der Waals surface area contributed by atoms with Crippen LogP contribution in [-0.4, -0.2) is 32.2 Å². The molecule has 1 unspecified atom stereocenters. The van der Waals surface area contributed by atoms with Gasteiger partial charge in [-0.3, -0.25) is 4.79 Å². The molecule has 1 amide bonds. The molecule has 7 nitrogen and oxygen atoms in total. The van der Waals surface area contributed by atoms with Crippen molar-refractivity contribution in [3.63, 3.8) is 0 Å². The topological polar surface area (TPSA) is 81.9 Å². The number of carbonyl (C=O) groups excluding carboxylic acids is 1. The molecule has 1 N–H and O–H groups in total. The van der Waals surface area contributed by atoms with Gasteiger partial charge in [-0.05, 0) is 36.8 Å². The smallest absolute Gasteiger partial charge is 0.243 e. The third-order valence-corrected chi connectivity index (χ3v) is 4.64. The van der Waals surface area contributed by atoms with E-state index in [-0.39, 0.29) is 11.8 Å². The first-order valence-electron chi connectivity index (χ1n) is 9.42. The molecule has 7 heteroatoms. The molecule has 1 aliphatic carbocycles.